The van der Waals surface area contributed by atoms with Gasteiger partial charge in [0.2, 0.25) is 0 Å². The van der Waals surface area contributed by atoms with Crippen molar-refractivity contribution in [2.45, 2.75) is 19.4 Å². The smallest absolute Gasteiger partial charge is 0.0974 e. The van der Waals surface area contributed by atoms with E-state index in [-0.39, 0.29) is 0 Å². The van der Waals surface area contributed by atoms with Gasteiger partial charge in [0.05, 0.1) is 39.8 Å². The zero-order valence-electron chi connectivity index (χ0n) is 10.6. The van der Waals surface area contributed by atoms with Crippen LogP contribution >= 0.6 is 0 Å². The van der Waals surface area contributed by atoms with E-state index in [0.717, 1.165) is 17.6 Å². The lowest BCUT2D eigenvalue weighted by Gasteiger charge is -2.27. The van der Waals surface area contributed by atoms with Crippen LogP contribution in [0.1, 0.15) is 13.8 Å². The monoisotopic (exact) mass is 216 g/mol. The van der Waals surface area contributed by atoms with Crippen LogP contribution < -0.4 is 17.3 Å². The van der Waals surface area contributed by atoms with Crippen molar-refractivity contribution in [1.29, 1.82) is 0 Å². The van der Waals surface area contributed by atoms with Crippen LogP contribution in [0.25, 0.3) is 0 Å². The summed E-state index contributed by atoms with van der Waals surface area (Å²) < 4.78 is 0.869. The molecular formula is C10H26N5+. The lowest BCUT2D eigenvalue weighted by molar-refractivity contribution is -0.869. The highest BCUT2D eigenvalue weighted by molar-refractivity contribution is 5.10. The lowest BCUT2D eigenvalue weighted by atomic mass is 10.0. The average molecular weight is 216 g/mol. The molecule has 0 saturated heterocycles. The number of hydrogen-bond donors (Lipinski definition) is 3. The fourth-order valence-electron chi connectivity index (χ4n) is 0.825. The van der Waals surface area contributed by atoms with E-state index in [1.807, 2.05) is 13.8 Å². The van der Waals surface area contributed by atoms with Gasteiger partial charge < -0.3 is 21.0 Å². The zero-order valence-corrected chi connectivity index (χ0v) is 10.6. The van der Waals surface area contributed by atoms with Gasteiger partial charge in [0.25, 0.3) is 0 Å². The quantitative estimate of drug-likeness (QED) is 0.326. The second-order valence-corrected chi connectivity index (χ2v) is 5.56. The summed E-state index contributed by atoms with van der Waals surface area (Å²) in [7, 11) is 6.36. The Morgan fingerprint density at radius 1 is 1.33 bits per heavy atom. The largest absolute Gasteiger partial charge is 0.399 e. The Morgan fingerprint density at radius 3 is 2.13 bits per heavy atom. The molecule has 0 fully saturated rings. The van der Waals surface area contributed by atoms with Crippen LogP contribution in [0.15, 0.2) is 11.9 Å². The molecule has 5 heteroatoms. The maximum Gasteiger partial charge on any atom is 0.0974 e. The maximum absolute atomic E-state index is 5.83. The first-order valence-corrected chi connectivity index (χ1v) is 5.11. The first kappa shape index (κ1) is 14.2. The third kappa shape index (κ3) is 7.18. The highest BCUT2D eigenvalue weighted by Crippen LogP contribution is 2.06. The molecule has 6 N–H and O–H groups in total. The molecule has 0 amide bonds. The molecule has 15 heavy (non-hydrogen) atoms. The second-order valence-electron chi connectivity index (χ2n) is 5.56. The van der Waals surface area contributed by atoms with Gasteiger partial charge >= 0.3 is 0 Å². The Balaban J connectivity index is 4.20. The molecule has 0 rings (SSSR count). The molecule has 0 aromatic rings. The number of nitrogens with zero attached hydrogens (tertiary/aromatic N) is 2. The van der Waals surface area contributed by atoms with Crippen LogP contribution in [-0.2, 0) is 0 Å². The Labute approximate surface area is 93.1 Å². The van der Waals surface area contributed by atoms with Crippen molar-refractivity contribution in [3.8, 4) is 0 Å². The molecule has 90 valence electrons. The highest BCUT2D eigenvalue weighted by Gasteiger charge is 2.15. The first-order valence-electron chi connectivity index (χ1n) is 5.11. The van der Waals surface area contributed by atoms with Gasteiger partial charge in [-0.05, 0) is 13.8 Å². The fourth-order valence-corrected chi connectivity index (χ4v) is 0.825. The molecule has 0 saturated carbocycles. The van der Waals surface area contributed by atoms with Crippen molar-refractivity contribution in [2.75, 3.05) is 34.2 Å². The molecule has 5 nitrogen and oxygen atoms in total. The summed E-state index contributed by atoms with van der Waals surface area (Å²) in [5.41, 5.74) is 11.7. The van der Waals surface area contributed by atoms with Gasteiger partial charge in [-0.1, -0.05) is 0 Å². The van der Waals surface area contributed by atoms with Crippen LogP contribution in [0.5, 0.6) is 0 Å². The molecule has 0 aliphatic carbocycles. The van der Waals surface area contributed by atoms with Gasteiger partial charge in [-0.3, -0.25) is 0 Å². The summed E-state index contributed by atoms with van der Waals surface area (Å²) in [5, 5.41) is 1.59. The summed E-state index contributed by atoms with van der Waals surface area (Å²) >= 11 is 0. The number of rotatable bonds is 5. The topological polar surface area (TPSA) is 81.3 Å². The molecule has 0 radical (unpaired) electrons. The predicted octanol–water partition coefficient (Wildman–Crippen LogP) is -0.594. The molecule has 0 spiro atoms. The van der Waals surface area contributed by atoms with Gasteiger partial charge in [-0.15, -0.1) is 0 Å². The van der Waals surface area contributed by atoms with E-state index in [9.17, 15) is 0 Å². The minimum Gasteiger partial charge on any atom is -0.399 e. The van der Waals surface area contributed by atoms with E-state index in [1.54, 1.807) is 11.2 Å². The maximum atomic E-state index is 5.83. The van der Waals surface area contributed by atoms with E-state index >= 15 is 0 Å². The third-order valence-electron chi connectivity index (χ3n) is 2.08. The Hall–Kier alpha value is -0.780. The normalized spacial score (nSPS) is 14.2. The zero-order chi connectivity index (χ0) is 12.3. The minimum atomic E-state index is -0.520. The Morgan fingerprint density at radius 2 is 1.80 bits per heavy atom. The average Bonchev–Trinajstić information content (AvgIpc) is 1.97. The second kappa shape index (κ2) is 4.83. The molecule has 0 aliphatic heterocycles. The van der Waals surface area contributed by atoms with Crippen molar-refractivity contribution < 1.29 is 4.48 Å². The third-order valence-corrected chi connectivity index (χ3v) is 2.08. The SMILES string of the molecule is CC(C)(N)/C(N)=C/N(N)CC[N+](C)(C)C. The molecule has 0 bridgehead atoms. The molecule has 0 atom stereocenters. The highest BCUT2D eigenvalue weighted by atomic mass is 15.4. The molecule has 0 aromatic heterocycles. The summed E-state index contributed by atoms with van der Waals surface area (Å²) in [6, 6.07) is 0. The van der Waals surface area contributed by atoms with E-state index < -0.39 is 5.54 Å². The van der Waals surface area contributed by atoms with Crippen LogP contribution in [0.3, 0.4) is 0 Å². The van der Waals surface area contributed by atoms with Crippen LogP contribution in [0, 0.1) is 0 Å². The number of hydrazine groups is 1. The van der Waals surface area contributed by atoms with Gasteiger partial charge in [0, 0.05) is 11.9 Å². The summed E-state index contributed by atoms with van der Waals surface area (Å²) in [4.78, 5) is 0. The van der Waals surface area contributed by atoms with Gasteiger partial charge in [0.1, 0.15) is 0 Å². The van der Waals surface area contributed by atoms with Crippen LogP contribution in [-0.4, -0.2) is 49.3 Å². The van der Waals surface area contributed by atoms with Crippen molar-refractivity contribution in [1.82, 2.24) is 5.01 Å². The summed E-state index contributed by atoms with van der Waals surface area (Å²) in [5.74, 6) is 5.79. The predicted molar refractivity (Wildman–Crippen MR) is 64.3 cm³/mol. The van der Waals surface area contributed by atoms with Crippen LogP contribution in [0.2, 0.25) is 0 Å². The fraction of sp³-hybridized carbons (Fsp3) is 0.800. The molecular weight excluding hydrogens is 190 g/mol. The number of nitrogens with two attached hydrogens (primary N) is 3. The van der Waals surface area contributed by atoms with Crippen molar-refractivity contribution in [2.24, 2.45) is 17.3 Å². The lowest BCUT2D eigenvalue weighted by Crippen LogP contribution is -2.44. The Bertz CT molecular complexity index is 221. The molecule has 0 unspecified atom stereocenters. The number of likely N-dealkylation sites (N-methyl/N-ethyl adjacent to an activating group) is 1. The summed E-state index contributed by atoms with van der Waals surface area (Å²) in [6.07, 6.45) is 1.70. The Kier molecular flexibility index (Phi) is 4.58. The van der Waals surface area contributed by atoms with Gasteiger partial charge in [-0.25, -0.2) is 5.84 Å². The van der Waals surface area contributed by atoms with E-state index in [1.165, 1.54) is 0 Å². The first-order chi connectivity index (χ1) is 6.52. The van der Waals surface area contributed by atoms with Gasteiger partial charge in [-0.2, -0.15) is 0 Å². The van der Waals surface area contributed by atoms with E-state index in [2.05, 4.69) is 21.1 Å². The van der Waals surface area contributed by atoms with Crippen molar-refractivity contribution in [3.63, 3.8) is 0 Å². The standard InChI is InChI=1S/C10H26N5/c1-10(2,12)9(11)8-14(13)6-7-15(3,4)5/h8H,6-7,11-13H2,1-5H3/q+1/b9-8-. The van der Waals surface area contributed by atoms with Crippen LogP contribution in [0.4, 0.5) is 0 Å². The van der Waals surface area contributed by atoms with Gasteiger partial charge in [0.15, 0.2) is 0 Å². The van der Waals surface area contributed by atoms with Crippen molar-refractivity contribution in [3.05, 3.63) is 11.9 Å². The number of hydrogen-bond acceptors (Lipinski definition) is 4. The number of quaternary nitrogens is 1. The minimum absolute atomic E-state index is 0.520. The van der Waals surface area contributed by atoms with Crippen molar-refractivity contribution >= 4 is 0 Å². The van der Waals surface area contributed by atoms with E-state index in [4.69, 9.17) is 17.3 Å². The molecule has 0 aromatic carbocycles. The molecule has 0 heterocycles. The van der Waals surface area contributed by atoms with E-state index in [0.29, 0.717) is 5.70 Å². The summed E-state index contributed by atoms with van der Waals surface area (Å²) in [6.45, 7) is 5.41. The molecule has 0 aliphatic rings.